The quantitative estimate of drug-likeness (QED) is 0.594. The van der Waals surface area contributed by atoms with Gasteiger partial charge < -0.3 is 25.5 Å². The number of halogens is 2. The first-order chi connectivity index (χ1) is 12.5. The number of pyridine rings is 2. The topological polar surface area (TPSA) is 119 Å². The lowest BCUT2D eigenvalue weighted by atomic mass is 10.2. The molecule has 27 heavy (non-hydrogen) atoms. The first-order valence-corrected chi connectivity index (χ1v) is 8.83. The molecule has 0 saturated heterocycles. The van der Waals surface area contributed by atoms with Crippen molar-refractivity contribution in [3.63, 3.8) is 0 Å². The molecule has 1 amide bonds. The molecular formula is C17H19Cl2N3O5. The molecule has 0 spiro atoms. The molecule has 0 radical (unpaired) electrons. The van der Waals surface area contributed by atoms with E-state index >= 15 is 0 Å². The van der Waals surface area contributed by atoms with E-state index < -0.39 is 5.91 Å². The summed E-state index contributed by atoms with van der Waals surface area (Å²) in [6.07, 6.45) is 7.94. The Balaban J connectivity index is 0.00000261. The number of hydrogen-bond donors (Lipinski definition) is 1. The van der Waals surface area contributed by atoms with E-state index in [-0.39, 0.29) is 38.8 Å². The number of amides is 1. The molecule has 1 aliphatic rings. The molecule has 0 atom stereocenters. The van der Waals surface area contributed by atoms with E-state index in [1.165, 1.54) is 25.6 Å². The lowest BCUT2D eigenvalue weighted by Gasteiger charge is -2.16. The monoisotopic (exact) mass is 415 g/mol. The second-order valence-electron chi connectivity index (χ2n) is 5.87. The second-order valence-corrected chi connectivity index (χ2v) is 6.69. The Morgan fingerprint density at radius 1 is 1.26 bits per heavy atom. The number of nitrogens with zero attached hydrogens (tertiary/aromatic N) is 2. The number of nitrogens with one attached hydrogen (secondary N) is 1. The molecule has 1 fully saturated rings. The minimum Gasteiger partial charge on any atom is -0.618 e. The maximum Gasteiger partial charge on any atom is 0.322 e. The van der Waals surface area contributed by atoms with E-state index in [0.29, 0.717) is 10.5 Å². The molecule has 2 aromatic rings. The first kappa shape index (κ1) is 21.0. The summed E-state index contributed by atoms with van der Waals surface area (Å²) in [5.74, 6) is -0.0547. The van der Waals surface area contributed by atoms with E-state index in [2.05, 4.69) is 10.3 Å². The number of rotatable bonds is 5. The zero-order valence-corrected chi connectivity index (χ0v) is 16.0. The van der Waals surface area contributed by atoms with Gasteiger partial charge in [-0.05, 0) is 25.7 Å². The third-order valence-corrected chi connectivity index (χ3v) is 4.70. The van der Waals surface area contributed by atoms with Gasteiger partial charge in [0, 0.05) is 12.4 Å². The van der Waals surface area contributed by atoms with Crippen molar-refractivity contribution in [3.05, 3.63) is 45.6 Å². The summed E-state index contributed by atoms with van der Waals surface area (Å²) in [6, 6.07) is 1.36. The molecule has 8 nitrogen and oxygen atoms in total. The summed E-state index contributed by atoms with van der Waals surface area (Å²) in [5.41, 5.74) is 0.0187. The van der Waals surface area contributed by atoms with Gasteiger partial charge in [-0.1, -0.05) is 23.2 Å². The Morgan fingerprint density at radius 2 is 1.89 bits per heavy atom. The van der Waals surface area contributed by atoms with Crippen LogP contribution in [0.25, 0.3) is 0 Å². The van der Waals surface area contributed by atoms with Gasteiger partial charge in [0.25, 0.3) is 5.69 Å². The Bertz CT molecular complexity index is 808. The fourth-order valence-electron chi connectivity index (χ4n) is 2.80. The fourth-order valence-corrected chi connectivity index (χ4v) is 3.26. The molecule has 2 heterocycles. The molecule has 3 N–H and O–H groups in total. The van der Waals surface area contributed by atoms with Crippen molar-refractivity contribution < 1.29 is 24.5 Å². The van der Waals surface area contributed by atoms with Gasteiger partial charge in [0.2, 0.25) is 11.9 Å². The van der Waals surface area contributed by atoms with Crippen molar-refractivity contribution in [1.82, 2.24) is 4.98 Å². The van der Waals surface area contributed by atoms with Crippen LogP contribution in [0.5, 0.6) is 11.5 Å². The summed E-state index contributed by atoms with van der Waals surface area (Å²) in [4.78, 5) is 16.4. The van der Waals surface area contributed by atoms with E-state index in [9.17, 15) is 10.0 Å². The van der Waals surface area contributed by atoms with Crippen LogP contribution in [0.3, 0.4) is 0 Å². The highest BCUT2D eigenvalue weighted by Crippen LogP contribution is 2.32. The van der Waals surface area contributed by atoms with Crippen LogP contribution in [0.4, 0.5) is 5.69 Å². The van der Waals surface area contributed by atoms with Crippen molar-refractivity contribution in [3.8, 4) is 11.5 Å². The fraction of sp³-hybridized carbons (Fsp3) is 0.353. The SMILES string of the molecule is COc1c[n+]([O-])c(C(=O)Nc2c(Cl)cncc2Cl)cc1OC1CCCC1.O. The lowest BCUT2D eigenvalue weighted by Crippen LogP contribution is -2.37. The van der Waals surface area contributed by atoms with Crippen LogP contribution in [0.1, 0.15) is 36.2 Å². The van der Waals surface area contributed by atoms with Crippen molar-refractivity contribution in [2.75, 3.05) is 12.4 Å². The predicted molar refractivity (Wildman–Crippen MR) is 101 cm³/mol. The summed E-state index contributed by atoms with van der Waals surface area (Å²) in [6.45, 7) is 0. The molecule has 1 aliphatic carbocycles. The number of aromatic nitrogens is 2. The second kappa shape index (κ2) is 9.07. The molecule has 146 valence electrons. The number of carbonyl (C=O) groups is 1. The highest BCUT2D eigenvalue weighted by Gasteiger charge is 2.25. The molecule has 0 bridgehead atoms. The summed E-state index contributed by atoms with van der Waals surface area (Å²) in [5, 5.41) is 15.1. The van der Waals surface area contributed by atoms with E-state index in [0.717, 1.165) is 31.9 Å². The average molecular weight is 416 g/mol. The summed E-state index contributed by atoms with van der Waals surface area (Å²) in [7, 11) is 1.44. The smallest absolute Gasteiger partial charge is 0.322 e. The van der Waals surface area contributed by atoms with Crippen molar-refractivity contribution in [2.24, 2.45) is 0 Å². The summed E-state index contributed by atoms with van der Waals surface area (Å²) >= 11 is 12.0. The largest absolute Gasteiger partial charge is 0.618 e. The van der Waals surface area contributed by atoms with Crippen molar-refractivity contribution >= 4 is 34.8 Å². The number of carbonyl (C=O) groups excluding carboxylic acids is 1. The van der Waals surface area contributed by atoms with Gasteiger partial charge in [-0.3, -0.25) is 9.78 Å². The normalized spacial score (nSPS) is 13.7. The summed E-state index contributed by atoms with van der Waals surface area (Å²) < 4.78 is 11.5. The molecule has 3 rings (SSSR count). The van der Waals surface area contributed by atoms with Gasteiger partial charge in [-0.15, -0.1) is 0 Å². The van der Waals surface area contributed by atoms with Crippen LogP contribution in [0.15, 0.2) is 24.7 Å². The first-order valence-electron chi connectivity index (χ1n) is 8.07. The number of hydrogen-bond acceptors (Lipinski definition) is 5. The van der Waals surface area contributed by atoms with Gasteiger partial charge in [0.05, 0.1) is 35.0 Å². The van der Waals surface area contributed by atoms with Crippen LogP contribution in [-0.4, -0.2) is 29.6 Å². The van der Waals surface area contributed by atoms with Gasteiger partial charge in [0.15, 0.2) is 5.75 Å². The van der Waals surface area contributed by atoms with Crippen molar-refractivity contribution in [2.45, 2.75) is 31.8 Å². The van der Waals surface area contributed by atoms with E-state index in [4.69, 9.17) is 32.7 Å². The standard InChI is InChI=1S/C17H17Cl2N3O4.H2O/c1-25-15-9-22(24)13(6-14(15)26-10-4-2-3-5-10)17(23)21-16-11(18)7-20-8-12(16)19;/h6-10H,2-5H2,1H3,(H,20,21,23);1H2. The van der Waals surface area contributed by atoms with Gasteiger partial charge >= 0.3 is 5.91 Å². The minimum absolute atomic E-state index is 0. The third-order valence-electron chi connectivity index (χ3n) is 4.12. The maximum absolute atomic E-state index is 12.6. The van der Waals surface area contributed by atoms with Crippen LogP contribution in [0, 0.1) is 5.21 Å². The molecule has 0 aromatic carbocycles. The van der Waals surface area contributed by atoms with Crippen molar-refractivity contribution in [1.29, 1.82) is 0 Å². The molecule has 1 saturated carbocycles. The minimum atomic E-state index is -0.672. The highest BCUT2D eigenvalue weighted by molar-refractivity contribution is 6.39. The van der Waals surface area contributed by atoms with E-state index in [1.807, 2.05) is 0 Å². The van der Waals surface area contributed by atoms with Crippen LogP contribution < -0.4 is 19.5 Å². The Hall–Kier alpha value is -2.29. The Kier molecular flexibility index (Phi) is 7.06. The molecule has 10 heteroatoms. The molecule has 2 aromatic heterocycles. The third kappa shape index (κ3) is 4.71. The van der Waals surface area contributed by atoms with Crippen LogP contribution in [-0.2, 0) is 0 Å². The molecule has 0 unspecified atom stereocenters. The van der Waals surface area contributed by atoms with E-state index in [1.54, 1.807) is 0 Å². The maximum atomic E-state index is 12.6. The van der Waals surface area contributed by atoms with Gasteiger partial charge in [0.1, 0.15) is 0 Å². The molecular weight excluding hydrogens is 397 g/mol. The zero-order valence-electron chi connectivity index (χ0n) is 14.5. The lowest BCUT2D eigenvalue weighted by molar-refractivity contribution is -0.608. The highest BCUT2D eigenvalue weighted by atomic mass is 35.5. The zero-order chi connectivity index (χ0) is 18.7. The molecule has 0 aliphatic heterocycles. The predicted octanol–water partition coefficient (Wildman–Crippen LogP) is 2.78. The van der Waals surface area contributed by atoms with Gasteiger partial charge in [-0.25, -0.2) is 0 Å². The van der Waals surface area contributed by atoms with Crippen LogP contribution >= 0.6 is 23.2 Å². The number of methoxy groups -OCH3 is 1. The Morgan fingerprint density at radius 3 is 2.48 bits per heavy atom. The average Bonchev–Trinajstić information content (AvgIpc) is 3.12. The Labute approximate surface area is 165 Å². The number of ether oxygens (including phenoxy) is 2. The van der Waals surface area contributed by atoms with Crippen LogP contribution in [0.2, 0.25) is 10.0 Å². The number of anilines is 1. The van der Waals surface area contributed by atoms with Gasteiger partial charge in [-0.2, -0.15) is 4.73 Å².